The van der Waals surface area contributed by atoms with Gasteiger partial charge >= 0.3 is 5.97 Å². The minimum atomic E-state index is -3.97. The highest BCUT2D eigenvalue weighted by molar-refractivity contribution is 7.89. The van der Waals surface area contributed by atoms with Gasteiger partial charge in [0.15, 0.2) is 0 Å². The first kappa shape index (κ1) is 17.9. The number of benzene rings is 1. The van der Waals surface area contributed by atoms with Gasteiger partial charge < -0.3 is 9.47 Å². The van der Waals surface area contributed by atoms with E-state index in [2.05, 4.69) is 0 Å². The van der Waals surface area contributed by atoms with Crippen LogP contribution in [0.1, 0.15) is 29.8 Å². The van der Waals surface area contributed by atoms with Crippen LogP contribution in [-0.2, 0) is 19.5 Å². The highest BCUT2D eigenvalue weighted by atomic mass is 35.5. The van der Waals surface area contributed by atoms with Gasteiger partial charge in [0.25, 0.3) is 0 Å². The van der Waals surface area contributed by atoms with Crippen molar-refractivity contribution >= 4 is 27.6 Å². The summed E-state index contributed by atoms with van der Waals surface area (Å²) >= 11 is 5.84. The van der Waals surface area contributed by atoms with Crippen LogP contribution in [0.4, 0.5) is 0 Å². The van der Waals surface area contributed by atoms with Crippen LogP contribution in [0.15, 0.2) is 17.0 Å². The third kappa shape index (κ3) is 4.96. The molecule has 1 atom stereocenters. The number of primary sulfonamides is 1. The smallest absolute Gasteiger partial charge is 0.338 e. The summed E-state index contributed by atoms with van der Waals surface area (Å²) in [5, 5.41) is 5.20. The summed E-state index contributed by atoms with van der Waals surface area (Å²) < 4.78 is 33.3. The highest BCUT2D eigenvalue weighted by Crippen LogP contribution is 2.24. The molecule has 0 aliphatic heterocycles. The molecule has 0 saturated carbocycles. The van der Waals surface area contributed by atoms with Crippen molar-refractivity contribution in [1.29, 1.82) is 0 Å². The zero-order valence-electron chi connectivity index (χ0n) is 12.1. The molecule has 0 spiro atoms. The molecule has 0 amide bonds. The van der Waals surface area contributed by atoms with E-state index in [1.54, 1.807) is 6.92 Å². The molecule has 1 aromatic rings. The van der Waals surface area contributed by atoms with Gasteiger partial charge in [-0.25, -0.2) is 18.4 Å². The van der Waals surface area contributed by atoms with E-state index in [1.807, 2.05) is 6.92 Å². The molecule has 21 heavy (non-hydrogen) atoms. The van der Waals surface area contributed by atoms with Gasteiger partial charge in [0.2, 0.25) is 10.0 Å². The molecule has 1 rings (SSSR count). The van der Waals surface area contributed by atoms with Crippen LogP contribution in [0.3, 0.4) is 0 Å². The molecule has 6 nitrogen and oxygen atoms in total. The maximum Gasteiger partial charge on any atom is 0.338 e. The number of carbonyl (C=O) groups is 1. The zero-order chi connectivity index (χ0) is 16.2. The van der Waals surface area contributed by atoms with Gasteiger partial charge in [0.05, 0.1) is 17.1 Å². The Morgan fingerprint density at radius 1 is 1.43 bits per heavy atom. The molecule has 2 N–H and O–H groups in total. The lowest BCUT2D eigenvalue weighted by molar-refractivity contribution is 0.00430. The molecule has 118 valence electrons. The van der Waals surface area contributed by atoms with Gasteiger partial charge in [-0.05, 0) is 38.5 Å². The maximum absolute atomic E-state index is 12.1. The summed E-state index contributed by atoms with van der Waals surface area (Å²) in [6.45, 7) is 5.74. The van der Waals surface area contributed by atoms with Gasteiger partial charge in [-0.15, -0.1) is 0 Å². The molecule has 0 aromatic heterocycles. The molecular weight excluding hydrogens is 318 g/mol. The fourth-order valence-electron chi connectivity index (χ4n) is 1.73. The molecule has 8 heteroatoms. The van der Waals surface area contributed by atoms with E-state index < -0.39 is 22.1 Å². The third-order valence-electron chi connectivity index (χ3n) is 2.72. The van der Waals surface area contributed by atoms with E-state index >= 15 is 0 Å². The third-order valence-corrected chi connectivity index (χ3v) is 3.97. The molecule has 0 radical (unpaired) electrons. The number of nitrogens with two attached hydrogens (primary N) is 1. The lowest BCUT2D eigenvalue weighted by Crippen LogP contribution is -2.22. The second-order valence-electron chi connectivity index (χ2n) is 4.50. The number of esters is 1. The van der Waals surface area contributed by atoms with Gasteiger partial charge in [-0.2, -0.15) is 0 Å². The summed E-state index contributed by atoms with van der Waals surface area (Å²) in [5.74, 6) is -0.674. The predicted octanol–water partition coefficient (Wildman–Crippen LogP) is 1.88. The summed E-state index contributed by atoms with van der Waals surface area (Å²) in [4.78, 5) is 11.9. The number of hydrogen-bond donors (Lipinski definition) is 1. The highest BCUT2D eigenvalue weighted by Gasteiger charge is 2.21. The van der Waals surface area contributed by atoms with E-state index in [-0.39, 0.29) is 27.7 Å². The summed E-state index contributed by atoms with van der Waals surface area (Å²) in [7, 11) is -3.97. The van der Waals surface area contributed by atoms with Gasteiger partial charge in [0.1, 0.15) is 6.10 Å². The van der Waals surface area contributed by atoms with Crippen molar-refractivity contribution in [3.05, 3.63) is 28.3 Å². The number of carbonyl (C=O) groups excluding carboxylic acids is 1. The Hall–Kier alpha value is -1.15. The van der Waals surface area contributed by atoms with Crippen molar-refractivity contribution in [2.75, 3.05) is 13.2 Å². The molecule has 0 bridgehead atoms. The Kier molecular flexibility index (Phi) is 6.15. The molecule has 0 aliphatic rings. The number of halogens is 1. The van der Waals surface area contributed by atoms with Crippen LogP contribution in [0.5, 0.6) is 0 Å². The minimum Gasteiger partial charge on any atom is -0.457 e. The van der Waals surface area contributed by atoms with Gasteiger partial charge in [-0.1, -0.05) is 11.6 Å². The molecule has 0 aliphatic carbocycles. The average molecular weight is 336 g/mol. The number of rotatable bonds is 6. The first-order chi connectivity index (χ1) is 9.66. The molecule has 0 fully saturated rings. The first-order valence-electron chi connectivity index (χ1n) is 6.28. The van der Waals surface area contributed by atoms with Crippen LogP contribution >= 0.6 is 11.6 Å². The quantitative estimate of drug-likeness (QED) is 0.801. The minimum absolute atomic E-state index is 0.0647. The lowest BCUT2D eigenvalue weighted by atomic mass is 10.1. The Morgan fingerprint density at radius 3 is 2.57 bits per heavy atom. The number of sulfonamides is 1. The predicted molar refractivity (Wildman–Crippen MR) is 78.9 cm³/mol. The van der Waals surface area contributed by atoms with Crippen molar-refractivity contribution in [1.82, 2.24) is 0 Å². The Balaban J connectivity index is 3.08. The molecule has 0 saturated heterocycles. The SMILES string of the molecule is CCOCC(C)OC(=O)c1cc(Cl)cc(S(N)(=O)=O)c1C. The van der Waals surface area contributed by atoms with Crippen molar-refractivity contribution in [3.8, 4) is 0 Å². The van der Waals surface area contributed by atoms with Crippen molar-refractivity contribution in [2.45, 2.75) is 31.8 Å². The van der Waals surface area contributed by atoms with Crippen molar-refractivity contribution in [2.24, 2.45) is 5.14 Å². The van der Waals surface area contributed by atoms with E-state index in [9.17, 15) is 13.2 Å². The van der Waals surface area contributed by atoms with E-state index in [0.717, 1.165) is 0 Å². The Morgan fingerprint density at radius 2 is 2.05 bits per heavy atom. The van der Waals surface area contributed by atoms with Crippen molar-refractivity contribution in [3.63, 3.8) is 0 Å². The summed E-state index contributed by atoms with van der Waals surface area (Å²) in [5.41, 5.74) is 0.269. The first-order valence-corrected chi connectivity index (χ1v) is 8.21. The molecular formula is C13H18ClNO5S. The van der Waals surface area contributed by atoms with Gasteiger partial charge in [0, 0.05) is 11.6 Å². The Labute approximate surface area is 129 Å². The monoisotopic (exact) mass is 335 g/mol. The standard InChI is InChI=1S/C13H18ClNO5S/c1-4-19-7-8(2)20-13(16)11-5-10(14)6-12(9(11)3)21(15,17)18/h5-6,8H,4,7H2,1-3H3,(H2,15,17,18). The summed E-state index contributed by atoms with van der Waals surface area (Å²) in [6.07, 6.45) is -0.464. The molecule has 1 aromatic carbocycles. The lowest BCUT2D eigenvalue weighted by Gasteiger charge is -2.15. The van der Waals surface area contributed by atoms with E-state index in [0.29, 0.717) is 6.61 Å². The second kappa shape index (κ2) is 7.22. The fraction of sp³-hybridized carbons (Fsp3) is 0.462. The molecule has 0 heterocycles. The largest absolute Gasteiger partial charge is 0.457 e. The van der Waals surface area contributed by atoms with Crippen molar-refractivity contribution < 1.29 is 22.7 Å². The maximum atomic E-state index is 12.1. The van der Waals surface area contributed by atoms with Gasteiger partial charge in [-0.3, -0.25) is 0 Å². The van der Waals surface area contributed by atoms with Crippen LogP contribution < -0.4 is 5.14 Å². The average Bonchev–Trinajstić information content (AvgIpc) is 2.37. The second-order valence-corrected chi connectivity index (χ2v) is 6.46. The zero-order valence-corrected chi connectivity index (χ0v) is 13.6. The normalized spacial score (nSPS) is 13.0. The Bertz CT molecular complexity index is 630. The van der Waals surface area contributed by atoms with Crippen LogP contribution in [0.25, 0.3) is 0 Å². The van der Waals surface area contributed by atoms with E-state index in [1.165, 1.54) is 19.1 Å². The van der Waals surface area contributed by atoms with E-state index in [4.69, 9.17) is 26.2 Å². The number of ether oxygens (including phenoxy) is 2. The summed E-state index contributed by atoms with van der Waals surface area (Å²) in [6, 6.07) is 2.55. The van der Waals surface area contributed by atoms with Crippen LogP contribution in [-0.4, -0.2) is 33.7 Å². The fourth-order valence-corrected chi connectivity index (χ4v) is 2.84. The number of hydrogen-bond acceptors (Lipinski definition) is 5. The molecule has 1 unspecified atom stereocenters. The van der Waals surface area contributed by atoms with Crippen LogP contribution in [0.2, 0.25) is 5.02 Å². The van der Waals surface area contributed by atoms with Crippen LogP contribution in [0, 0.1) is 6.92 Å². The topological polar surface area (TPSA) is 95.7 Å².